The highest BCUT2D eigenvalue weighted by atomic mass is 16.5. The fourth-order valence-electron chi connectivity index (χ4n) is 4.53. The maximum atomic E-state index is 12.8. The third-order valence-electron chi connectivity index (χ3n) is 6.39. The molecule has 1 unspecified atom stereocenters. The normalized spacial score (nSPS) is 24.1. The van der Waals surface area contributed by atoms with Gasteiger partial charge in [-0.3, -0.25) is 9.69 Å². The van der Waals surface area contributed by atoms with E-state index < -0.39 is 0 Å². The molecule has 0 bridgehead atoms. The second-order valence-electron chi connectivity index (χ2n) is 8.17. The number of rotatable bonds is 3. The number of methoxy groups -OCH3 is 1. The second kappa shape index (κ2) is 7.08. The van der Waals surface area contributed by atoms with Crippen LogP contribution in [0.1, 0.15) is 41.5 Å². The smallest absolute Gasteiger partial charge is 0.228 e. The predicted molar refractivity (Wildman–Crippen MR) is 101 cm³/mol. The minimum Gasteiger partial charge on any atom is -0.380 e. The number of carbonyl (C=O) groups is 1. The Bertz CT molecular complexity index is 648. The van der Waals surface area contributed by atoms with Gasteiger partial charge < -0.3 is 9.64 Å². The molecule has 1 aromatic carbocycles. The van der Waals surface area contributed by atoms with Crippen LogP contribution in [0.25, 0.3) is 0 Å². The highest BCUT2D eigenvalue weighted by molar-refractivity contribution is 5.83. The Morgan fingerprint density at radius 3 is 2.40 bits per heavy atom. The standard InChI is InChI=1S/C21H32N2O2/c1-15-10-17(3)18(11-16(15)2)13-23-8-6-21(7-9-23)12-19(25-5)14-22(4)20(21)24/h10-11,19H,6-9,12-14H2,1-5H3. The van der Waals surface area contributed by atoms with Crippen molar-refractivity contribution < 1.29 is 9.53 Å². The summed E-state index contributed by atoms with van der Waals surface area (Å²) in [4.78, 5) is 17.2. The van der Waals surface area contributed by atoms with E-state index in [1.165, 1.54) is 22.3 Å². The molecule has 4 heteroatoms. The van der Waals surface area contributed by atoms with Gasteiger partial charge in [0.25, 0.3) is 0 Å². The molecule has 25 heavy (non-hydrogen) atoms. The molecule has 0 N–H and O–H groups in total. The maximum absolute atomic E-state index is 12.8. The molecular weight excluding hydrogens is 312 g/mol. The molecule has 4 nitrogen and oxygen atoms in total. The first kappa shape index (κ1) is 18.4. The zero-order valence-corrected chi connectivity index (χ0v) is 16.4. The first-order chi connectivity index (χ1) is 11.8. The summed E-state index contributed by atoms with van der Waals surface area (Å²) in [6.07, 6.45) is 2.94. The summed E-state index contributed by atoms with van der Waals surface area (Å²) in [7, 11) is 3.68. The molecule has 0 aliphatic carbocycles. The third kappa shape index (κ3) is 3.61. The van der Waals surface area contributed by atoms with Crippen LogP contribution in [0.3, 0.4) is 0 Å². The Kier molecular flexibility index (Phi) is 5.21. The van der Waals surface area contributed by atoms with E-state index in [0.717, 1.165) is 45.4 Å². The van der Waals surface area contributed by atoms with Gasteiger partial charge in [0.05, 0.1) is 11.5 Å². The van der Waals surface area contributed by atoms with Crippen LogP contribution in [0.4, 0.5) is 0 Å². The number of likely N-dealkylation sites (tertiary alicyclic amines) is 2. The zero-order chi connectivity index (χ0) is 18.2. The van der Waals surface area contributed by atoms with Crippen molar-refractivity contribution in [3.8, 4) is 0 Å². The quantitative estimate of drug-likeness (QED) is 0.845. The lowest BCUT2D eigenvalue weighted by Gasteiger charge is -2.47. The molecule has 1 spiro atoms. The van der Waals surface area contributed by atoms with Crippen LogP contribution in [0.15, 0.2) is 12.1 Å². The van der Waals surface area contributed by atoms with Crippen LogP contribution in [0, 0.1) is 26.2 Å². The number of benzene rings is 1. The van der Waals surface area contributed by atoms with Crippen molar-refractivity contribution in [1.82, 2.24) is 9.80 Å². The Hall–Kier alpha value is -1.39. The molecule has 1 atom stereocenters. The van der Waals surface area contributed by atoms with Gasteiger partial charge in [-0.15, -0.1) is 0 Å². The van der Waals surface area contributed by atoms with E-state index in [4.69, 9.17) is 4.74 Å². The summed E-state index contributed by atoms with van der Waals surface area (Å²) in [5.41, 5.74) is 5.31. The molecule has 2 saturated heterocycles. The van der Waals surface area contributed by atoms with Gasteiger partial charge in [-0.2, -0.15) is 0 Å². The SMILES string of the molecule is COC1CN(C)C(=O)C2(CCN(Cc3cc(C)c(C)cc3C)CC2)C1. The fraction of sp³-hybridized carbons (Fsp3) is 0.667. The van der Waals surface area contributed by atoms with E-state index in [1.807, 2.05) is 11.9 Å². The molecule has 2 heterocycles. The monoisotopic (exact) mass is 344 g/mol. The Morgan fingerprint density at radius 1 is 1.12 bits per heavy atom. The summed E-state index contributed by atoms with van der Waals surface area (Å²) in [6.45, 7) is 10.3. The number of aryl methyl sites for hydroxylation is 3. The molecule has 0 aromatic heterocycles. The number of hydrogen-bond donors (Lipinski definition) is 0. The Labute approximate surface area is 152 Å². The lowest BCUT2D eigenvalue weighted by Crippen LogP contribution is -2.56. The topological polar surface area (TPSA) is 32.8 Å². The van der Waals surface area contributed by atoms with Crippen molar-refractivity contribution in [3.05, 3.63) is 34.4 Å². The average molecular weight is 344 g/mol. The number of ether oxygens (including phenoxy) is 1. The van der Waals surface area contributed by atoms with Crippen LogP contribution in [0.2, 0.25) is 0 Å². The minimum atomic E-state index is -0.206. The van der Waals surface area contributed by atoms with Crippen molar-refractivity contribution in [1.29, 1.82) is 0 Å². The summed E-state index contributed by atoms with van der Waals surface area (Å²) < 4.78 is 5.59. The molecule has 2 fully saturated rings. The molecule has 2 aliphatic heterocycles. The highest BCUT2D eigenvalue weighted by Gasteiger charge is 2.47. The average Bonchev–Trinajstić information content (AvgIpc) is 2.59. The first-order valence-electron chi connectivity index (χ1n) is 9.42. The number of likely N-dealkylation sites (N-methyl/N-ethyl adjacent to an activating group) is 1. The van der Waals surface area contributed by atoms with Gasteiger partial charge in [-0.1, -0.05) is 12.1 Å². The van der Waals surface area contributed by atoms with Gasteiger partial charge in [-0.25, -0.2) is 0 Å². The van der Waals surface area contributed by atoms with Crippen molar-refractivity contribution in [2.24, 2.45) is 5.41 Å². The Balaban J connectivity index is 1.67. The van der Waals surface area contributed by atoms with Crippen LogP contribution in [-0.2, 0) is 16.1 Å². The van der Waals surface area contributed by atoms with E-state index in [0.29, 0.717) is 5.91 Å². The number of nitrogens with zero attached hydrogens (tertiary/aromatic N) is 2. The molecular formula is C21H32N2O2. The molecule has 3 rings (SSSR count). The van der Waals surface area contributed by atoms with Crippen LogP contribution >= 0.6 is 0 Å². The van der Waals surface area contributed by atoms with Crippen molar-refractivity contribution in [3.63, 3.8) is 0 Å². The molecule has 138 valence electrons. The lowest BCUT2D eigenvalue weighted by atomic mass is 9.71. The van der Waals surface area contributed by atoms with Crippen LogP contribution in [0.5, 0.6) is 0 Å². The maximum Gasteiger partial charge on any atom is 0.228 e. The molecule has 0 radical (unpaired) electrons. The Morgan fingerprint density at radius 2 is 1.76 bits per heavy atom. The fourth-order valence-corrected chi connectivity index (χ4v) is 4.53. The third-order valence-corrected chi connectivity index (χ3v) is 6.39. The first-order valence-corrected chi connectivity index (χ1v) is 9.42. The van der Waals surface area contributed by atoms with Crippen molar-refractivity contribution in [2.75, 3.05) is 33.8 Å². The van der Waals surface area contributed by atoms with E-state index in [9.17, 15) is 4.79 Å². The van der Waals surface area contributed by atoms with Gasteiger partial charge in [0.1, 0.15) is 0 Å². The van der Waals surface area contributed by atoms with Crippen LogP contribution in [-0.4, -0.2) is 55.6 Å². The molecule has 2 aliphatic rings. The zero-order valence-electron chi connectivity index (χ0n) is 16.4. The van der Waals surface area contributed by atoms with Gasteiger partial charge in [-0.05, 0) is 75.4 Å². The number of carbonyl (C=O) groups excluding carboxylic acids is 1. The van der Waals surface area contributed by atoms with Crippen molar-refractivity contribution in [2.45, 2.75) is 52.7 Å². The summed E-state index contributed by atoms with van der Waals surface area (Å²) in [5.74, 6) is 0.322. The van der Waals surface area contributed by atoms with Gasteiger partial charge in [0.15, 0.2) is 0 Å². The van der Waals surface area contributed by atoms with E-state index in [2.05, 4.69) is 37.8 Å². The second-order valence-corrected chi connectivity index (χ2v) is 8.17. The highest BCUT2D eigenvalue weighted by Crippen LogP contribution is 2.41. The summed E-state index contributed by atoms with van der Waals surface area (Å²) >= 11 is 0. The van der Waals surface area contributed by atoms with Crippen LogP contribution < -0.4 is 0 Å². The van der Waals surface area contributed by atoms with Crippen molar-refractivity contribution >= 4 is 5.91 Å². The van der Waals surface area contributed by atoms with Gasteiger partial charge >= 0.3 is 0 Å². The van der Waals surface area contributed by atoms with E-state index in [-0.39, 0.29) is 11.5 Å². The van der Waals surface area contributed by atoms with E-state index in [1.54, 1.807) is 7.11 Å². The summed E-state index contributed by atoms with van der Waals surface area (Å²) in [5, 5.41) is 0. The number of hydrogen-bond acceptors (Lipinski definition) is 3. The number of piperidine rings is 2. The largest absolute Gasteiger partial charge is 0.380 e. The minimum absolute atomic E-state index is 0.177. The van der Waals surface area contributed by atoms with Gasteiger partial charge in [0, 0.05) is 27.2 Å². The molecule has 1 amide bonds. The van der Waals surface area contributed by atoms with E-state index >= 15 is 0 Å². The lowest BCUT2D eigenvalue weighted by molar-refractivity contribution is -0.156. The molecule has 0 saturated carbocycles. The predicted octanol–water partition coefficient (Wildman–Crippen LogP) is 3.07. The number of amides is 1. The summed E-state index contributed by atoms with van der Waals surface area (Å²) in [6, 6.07) is 4.62. The molecule has 1 aromatic rings. The van der Waals surface area contributed by atoms with Gasteiger partial charge in [0.2, 0.25) is 5.91 Å².